The first-order chi connectivity index (χ1) is 15.0. The molecule has 31 heavy (non-hydrogen) atoms. The van der Waals surface area contributed by atoms with Gasteiger partial charge in [0.15, 0.2) is 0 Å². The van der Waals surface area contributed by atoms with Crippen LogP contribution in [0.5, 0.6) is 5.75 Å². The summed E-state index contributed by atoms with van der Waals surface area (Å²) in [7, 11) is 0. The number of carbonyl (C=O) groups excluding carboxylic acids is 1. The molecule has 166 valence electrons. The van der Waals surface area contributed by atoms with E-state index in [1.807, 2.05) is 25.1 Å². The van der Waals surface area contributed by atoms with Gasteiger partial charge in [-0.05, 0) is 67.6 Å². The summed E-state index contributed by atoms with van der Waals surface area (Å²) in [6, 6.07) is 10.3. The Morgan fingerprint density at radius 3 is 2.55 bits per heavy atom. The van der Waals surface area contributed by atoms with Gasteiger partial charge in [0.2, 0.25) is 0 Å². The van der Waals surface area contributed by atoms with Crippen molar-refractivity contribution in [2.45, 2.75) is 39.0 Å². The van der Waals surface area contributed by atoms with Gasteiger partial charge in [0.1, 0.15) is 11.5 Å². The van der Waals surface area contributed by atoms with E-state index in [1.54, 1.807) is 0 Å². The molecule has 2 aromatic rings. The average Bonchev–Trinajstić information content (AvgIpc) is 2.78. The number of carbonyl (C=O) groups is 1. The van der Waals surface area contributed by atoms with Gasteiger partial charge < -0.3 is 9.64 Å². The molecule has 0 bridgehead atoms. The molecule has 1 saturated heterocycles. The normalized spacial score (nSPS) is 17.0. The maximum atomic E-state index is 11.7. The molecule has 0 atom stereocenters. The summed E-state index contributed by atoms with van der Waals surface area (Å²) in [4.78, 5) is 16.5. The van der Waals surface area contributed by atoms with Crippen LogP contribution in [-0.4, -0.2) is 50.0 Å². The molecule has 0 radical (unpaired) electrons. The zero-order chi connectivity index (χ0) is 21.8. The van der Waals surface area contributed by atoms with E-state index in [1.165, 1.54) is 5.56 Å². The second kappa shape index (κ2) is 10.2. The molecule has 4 nitrogen and oxygen atoms in total. The van der Waals surface area contributed by atoms with Crippen LogP contribution in [0, 0.1) is 6.92 Å². The standard InChI is InChI=1S/C25H30Cl2N2O2/c1-18-4-9-23(25(27)24(18)26)29-13-11-28(12-14-29)10-2-3-15-31-22-8-6-19-5-7-21(30)16-20(19)17-22/h4,6,8-9,17H,2-3,5,7,10-16H2,1H3. The Kier molecular flexibility index (Phi) is 7.42. The molecular formula is C25H30Cl2N2O2. The number of halogens is 2. The number of nitrogens with zero attached hydrogens (tertiary/aromatic N) is 2. The van der Waals surface area contributed by atoms with Crippen LogP contribution in [0.25, 0.3) is 0 Å². The topological polar surface area (TPSA) is 32.8 Å². The molecule has 1 heterocycles. The largest absolute Gasteiger partial charge is 0.494 e. The number of Topliss-reactive ketones (excluding diaryl/α,β-unsaturated/α-hetero) is 1. The lowest BCUT2D eigenvalue weighted by Gasteiger charge is -2.36. The van der Waals surface area contributed by atoms with Crippen molar-refractivity contribution in [1.29, 1.82) is 0 Å². The summed E-state index contributed by atoms with van der Waals surface area (Å²) in [6.07, 6.45) is 4.23. The molecule has 2 aliphatic rings. The van der Waals surface area contributed by atoms with Crippen molar-refractivity contribution in [2.75, 3.05) is 44.2 Å². The molecule has 0 unspecified atom stereocenters. The molecule has 4 rings (SSSR count). The summed E-state index contributed by atoms with van der Waals surface area (Å²) < 4.78 is 5.94. The van der Waals surface area contributed by atoms with Gasteiger partial charge in [-0.3, -0.25) is 9.69 Å². The van der Waals surface area contributed by atoms with Crippen LogP contribution in [-0.2, 0) is 17.6 Å². The molecule has 0 aromatic heterocycles. The van der Waals surface area contributed by atoms with Gasteiger partial charge in [-0.2, -0.15) is 0 Å². The van der Waals surface area contributed by atoms with Crippen molar-refractivity contribution in [3.8, 4) is 5.75 Å². The van der Waals surface area contributed by atoms with Gasteiger partial charge in [-0.1, -0.05) is 35.3 Å². The maximum Gasteiger partial charge on any atom is 0.137 e. The fourth-order valence-electron chi connectivity index (χ4n) is 4.40. The number of unbranched alkanes of at least 4 members (excludes halogenated alkanes) is 1. The van der Waals surface area contributed by atoms with Crippen LogP contribution in [0.2, 0.25) is 10.0 Å². The van der Waals surface area contributed by atoms with Crippen molar-refractivity contribution in [2.24, 2.45) is 0 Å². The lowest BCUT2D eigenvalue weighted by molar-refractivity contribution is -0.118. The van der Waals surface area contributed by atoms with Gasteiger partial charge in [-0.25, -0.2) is 0 Å². The van der Waals surface area contributed by atoms with Gasteiger partial charge in [-0.15, -0.1) is 0 Å². The van der Waals surface area contributed by atoms with Gasteiger partial charge in [0.05, 0.1) is 22.3 Å². The predicted molar refractivity (Wildman–Crippen MR) is 128 cm³/mol. The molecule has 1 fully saturated rings. The fourth-order valence-corrected chi connectivity index (χ4v) is 4.89. The Morgan fingerprint density at radius 2 is 1.74 bits per heavy atom. The number of ketones is 1. The molecular weight excluding hydrogens is 431 g/mol. The molecule has 0 N–H and O–H groups in total. The number of ether oxygens (including phenoxy) is 1. The van der Waals surface area contributed by atoms with Crippen molar-refractivity contribution in [1.82, 2.24) is 4.90 Å². The number of piperazine rings is 1. The number of rotatable bonds is 7. The minimum absolute atomic E-state index is 0.331. The van der Waals surface area contributed by atoms with Crippen LogP contribution >= 0.6 is 23.2 Å². The third kappa shape index (κ3) is 5.54. The van der Waals surface area contributed by atoms with E-state index in [-0.39, 0.29) is 0 Å². The van der Waals surface area contributed by atoms with E-state index in [2.05, 4.69) is 21.9 Å². The zero-order valence-electron chi connectivity index (χ0n) is 18.1. The summed E-state index contributed by atoms with van der Waals surface area (Å²) in [5, 5.41) is 1.32. The van der Waals surface area contributed by atoms with Crippen molar-refractivity contribution in [3.05, 3.63) is 57.1 Å². The van der Waals surface area contributed by atoms with Crippen LogP contribution in [0.15, 0.2) is 30.3 Å². The number of hydrogen-bond acceptors (Lipinski definition) is 4. The third-order valence-corrected chi connectivity index (χ3v) is 7.31. The molecule has 1 aliphatic heterocycles. The highest BCUT2D eigenvalue weighted by Crippen LogP contribution is 2.35. The third-order valence-electron chi connectivity index (χ3n) is 6.34. The van der Waals surface area contributed by atoms with E-state index in [4.69, 9.17) is 27.9 Å². The van der Waals surface area contributed by atoms with Crippen LogP contribution in [0.1, 0.15) is 36.0 Å². The first-order valence-electron chi connectivity index (χ1n) is 11.2. The van der Waals surface area contributed by atoms with E-state index < -0.39 is 0 Å². The zero-order valence-corrected chi connectivity index (χ0v) is 19.6. The number of benzene rings is 2. The second-order valence-electron chi connectivity index (χ2n) is 8.56. The van der Waals surface area contributed by atoms with E-state index in [0.29, 0.717) is 35.3 Å². The monoisotopic (exact) mass is 460 g/mol. The minimum atomic E-state index is 0.331. The lowest BCUT2D eigenvalue weighted by atomic mass is 9.91. The van der Waals surface area contributed by atoms with Gasteiger partial charge >= 0.3 is 0 Å². The SMILES string of the molecule is Cc1ccc(N2CCN(CCCCOc3ccc4c(c3)CC(=O)CC4)CC2)c(Cl)c1Cl. The van der Waals surface area contributed by atoms with E-state index >= 15 is 0 Å². The van der Waals surface area contributed by atoms with Gasteiger partial charge in [0.25, 0.3) is 0 Å². The predicted octanol–water partition coefficient (Wildman–Crippen LogP) is 5.34. The smallest absolute Gasteiger partial charge is 0.137 e. The highest BCUT2D eigenvalue weighted by molar-refractivity contribution is 6.44. The second-order valence-corrected chi connectivity index (χ2v) is 9.32. The molecule has 0 amide bonds. The Bertz CT molecular complexity index is 939. The first kappa shape index (κ1) is 22.4. The minimum Gasteiger partial charge on any atom is -0.494 e. The first-order valence-corrected chi connectivity index (χ1v) is 11.9. The van der Waals surface area contributed by atoms with Crippen LogP contribution in [0.3, 0.4) is 0 Å². The van der Waals surface area contributed by atoms with Gasteiger partial charge in [0, 0.05) is 39.0 Å². The van der Waals surface area contributed by atoms with Crippen molar-refractivity contribution in [3.63, 3.8) is 0 Å². The molecule has 1 aliphatic carbocycles. The number of anilines is 1. The van der Waals surface area contributed by atoms with Crippen molar-refractivity contribution < 1.29 is 9.53 Å². The Morgan fingerprint density at radius 1 is 0.935 bits per heavy atom. The number of hydrogen-bond donors (Lipinski definition) is 0. The van der Waals surface area contributed by atoms with E-state index in [0.717, 1.165) is 74.6 Å². The van der Waals surface area contributed by atoms with Crippen LogP contribution < -0.4 is 9.64 Å². The molecule has 0 saturated carbocycles. The summed E-state index contributed by atoms with van der Waals surface area (Å²) in [5.41, 5.74) is 4.49. The quantitative estimate of drug-likeness (QED) is 0.521. The molecule has 2 aromatic carbocycles. The highest BCUT2D eigenvalue weighted by Gasteiger charge is 2.20. The molecule has 6 heteroatoms. The Balaban J connectivity index is 1.16. The Hall–Kier alpha value is -1.75. The number of aryl methyl sites for hydroxylation is 2. The van der Waals surface area contributed by atoms with Crippen LogP contribution in [0.4, 0.5) is 5.69 Å². The maximum absolute atomic E-state index is 11.7. The summed E-state index contributed by atoms with van der Waals surface area (Å²) in [6.45, 7) is 7.75. The summed E-state index contributed by atoms with van der Waals surface area (Å²) >= 11 is 12.8. The van der Waals surface area contributed by atoms with Crippen molar-refractivity contribution >= 4 is 34.7 Å². The fraction of sp³-hybridized carbons (Fsp3) is 0.480. The number of fused-ring (bicyclic) bond motifs is 1. The Labute approximate surface area is 195 Å². The molecule has 0 spiro atoms. The lowest BCUT2D eigenvalue weighted by Crippen LogP contribution is -2.46. The summed E-state index contributed by atoms with van der Waals surface area (Å²) in [5.74, 6) is 1.22. The van der Waals surface area contributed by atoms with E-state index in [9.17, 15) is 4.79 Å². The highest BCUT2D eigenvalue weighted by atomic mass is 35.5. The average molecular weight is 461 g/mol.